The molecule has 0 aliphatic rings. The second-order valence-electron chi connectivity index (χ2n) is 5.32. The van der Waals surface area contributed by atoms with Crippen LogP contribution < -0.4 is 16.0 Å². The Morgan fingerprint density at radius 2 is 1.44 bits per heavy atom. The summed E-state index contributed by atoms with van der Waals surface area (Å²) in [5, 5.41) is 8.60. The lowest BCUT2D eigenvalue weighted by molar-refractivity contribution is -0.116. The Hall–Kier alpha value is -2.86. The topological polar surface area (TPSA) is 87.3 Å². The summed E-state index contributed by atoms with van der Waals surface area (Å²) in [5.74, 6) is -0.638. The number of nitrogens with one attached hydrogen (secondary N) is 3. The molecule has 0 radical (unpaired) electrons. The molecule has 2 aromatic carbocycles. The lowest BCUT2D eigenvalue weighted by Gasteiger charge is -2.08. The Bertz CT molecular complexity index is 758. The molecule has 0 aliphatic heterocycles. The minimum absolute atomic E-state index is 0.146. The number of carbonyl (C=O) groups is 3. The van der Waals surface area contributed by atoms with Gasteiger partial charge in [-0.15, -0.1) is 0 Å². The van der Waals surface area contributed by atoms with Crippen molar-refractivity contribution in [3.63, 3.8) is 0 Å². The van der Waals surface area contributed by atoms with Gasteiger partial charge in [-0.2, -0.15) is 0 Å². The number of rotatable bonds is 6. The van der Waals surface area contributed by atoms with E-state index in [2.05, 4.69) is 16.0 Å². The zero-order valence-electron chi connectivity index (χ0n) is 13.6. The monoisotopic (exact) mass is 359 g/mol. The molecular formula is C18H18ClN3O3. The van der Waals surface area contributed by atoms with Crippen molar-refractivity contribution in [3.8, 4) is 0 Å². The number of hydrogen-bond donors (Lipinski definition) is 3. The summed E-state index contributed by atoms with van der Waals surface area (Å²) in [4.78, 5) is 34.7. The first-order chi connectivity index (χ1) is 11.9. The smallest absolute Gasteiger partial charge is 0.251 e. The van der Waals surface area contributed by atoms with Crippen molar-refractivity contribution >= 4 is 40.7 Å². The van der Waals surface area contributed by atoms with Gasteiger partial charge < -0.3 is 16.0 Å². The lowest BCUT2D eigenvalue weighted by atomic mass is 10.2. The van der Waals surface area contributed by atoms with Crippen LogP contribution >= 0.6 is 11.6 Å². The first-order valence-corrected chi connectivity index (χ1v) is 8.03. The van der Waals surface area contributed by atoms with Crippen LogP contribution in [0, 0.1) is 0 Å². The summed E-state index contributed by atoms with van der Waals surface area (Å²) in [6, 6.07) is 13.3. The van der Waals surface area contributed by atoms with Gasteiger partial charge in [0.25, 0.3) is 5.91 Å². The predicted octanol–water partition coefficient (Wildman–Crippen LogP) is 3.06. The number of carbonyl (C=O) groups excluding carboxylic acids is 3. The minimum atomic E-state index is -0.260. The number of halogens is 1. The van der Waals surface area contributed by atoms with E-state index in [4.69, 9.17) is 11.6 Å². The molecule has 130 valence electrons. The van der Waals surface area contributed by atoms with Crippen LogP contribution in [0.15, 0.2) is 48.5 Å². The van der Waals surface area contributed by atoms with Crippen LogP contribution in [0.3, 0.4) is 0 Å². The van der Waals surface area contributed by atoms with E-state index < -0.39 is 0 Å². The largest absolute Gasteiger partial charge is 0.352 e. The molecule has 0 unspecified atom stereocenters. The molecule has 0 saturated carbocycles. The van der Waals surface area contributed by atoms with Gasteiger partial charge in [-0.1, -0.05) is 11.6 Å². The molecule has 7 heteroatoms. The van der Waals surface area contributed by atoms with E-state index in [0.29, 0.717) is 22.0 Å². The Morgan fingerprint density at radius 3 is 2.00 bits per heavy atom. The Labute approximate surface area is 150 Å². The van der Waals surface area contributed by atoms with Crippen LogP contribution in [-0.2, 0) is 9.59 Å². The highest BCUT2D eigenvalue weighted by molar-refractivity contribution is 6.30. The molecule has 3 N–H and O–H groups in total. The van der Waals surface area contributed by atoms with Crippen LogP contribution in [0.2, 0.25) is 5.02 Å². The molecule has 0 bridgehead atoms. The van der Waals surface area contributed by atoms with E-state index in [1.807, 2.05) is 0 Å². The molecule has 25 heavy (non-hydrogen) atoms. The first kappa shape index (κ1) is 18.5. The van der Waals surface area contributed by atoms with Gasteiger partial charge in [0.05, 0.1) is 0 Å². The van der Waals surface area contributed by atoms with Crippen LogP contribution in [0.4, 0.5) is 11.4 Å². The van der Waals surface area contributed by atoms with Crippen molar-refractivity contribution in [3.05, 3.63) is 59.1 Å². The predicted molar refractivity (Wildman–Crippen MR) is 97.8 cm³/mol. The van der Waals surface area contributed by atoms with Gasteiger partial charge in [0.15, 0.2) is 0 Å². The van der Waals surface area contributed by atoms with Crippen molar-refractivity contribution in [2.45, 2.75) is 13.3 Å². The number of anilines is 2. The Morgan fingerprint density at radius 1 is 0.880 bits per heavy atom. The third kappa shape index (κ3) is 6.27. The zero-order chi connectivity index (χ0) is 18.2. The third-order valence-corrected chi connectivity index (χ3v) is 3.49. The van der Waals surface area contributed by atoms with Gasteiger partial charge >= 0.3 is 0 Å². The highest BCUT2D eigenvalue weighted by Crippen LogP contribution is 2.13. The summed E-state index contributed by atoms with van der Waals surface area (Å²) in [6.45, 7) is 1.64. The fourth-order valence-electron chi connectivity index (χ4n) is 2.06. The lowest BCUT2D eigenvalue weighted by Crippen LogP contribution is -2.27. The standard InChI is InChI=1S/C18H18ClN3O3/c1-12(23)21-15-6-8-16(9-7-15)22-17(24)10-11-20-18(25)13-2-4-14(19)5-3-13/h2-9H,10-11H2,1H3,(H,20,25)(H,21,23)(H,22,24). The van der Waals surface area contributed by atoms with E-state index >= 15 is 0 Å². The summed E-state index contributed by atoms with van der Waals surface area (Å²) >= 11 is 5.77. The molecule has 2 aromatic rings. The highest BCUT2D eigenvalue weighted by atomic mass is 35.5. The van der Waals surface area contributed by atoms with E-state index in [-0.39, 0.29) is 30.7 Å². The molecule has 0 aliphatic carbocycles. The second kappa shape index (κ2) is 8.84. The minimum Gasteiger partial charge on any atom is -0.352 e. The zero-order valence-corrected chi connectivity index (χ0v) is 14.4. The fourth-order valence-corrected chi connectivity index (χ4v) is 2.18. The molecule has 0 aromatic heterocycles. The first-order valence-electron chi connectivity index (χ1n) is 7.65. The summed E-state index contributed by atoms with van der Waals surface area (Å²) < 4.78 is 0. The molecular weight excluding hydrogens is 342 g/mol. The van der Waals surface area contributed by atoms with E-state index in [0.717, 1.165) is 0 Å². The van der Waals surface area contributed by atoms with Gasteiger partial charge in [0.2, 0.25) is 11.8 Å². The molecule has 0 spiro atoms. The number of hydrogen-bond acceptors (Lipinski definition) is 3. The quantitative estimate of drug-likeness (QED) is 0.740. The van der Waals surface area contributed by atoms with Crippen molar-refractivity contribution < 1.29 is 14.4 Å². The second-order valence-corrected chi connectivity index (χ2v) is 5.76. The van der Waals surface area contributed by atoms with Crippen LogP contribution in [0.25, 0.3) is 0 Å². The third-order valence-electron chi connectivity index (χ3n) is 3.23. The molecule has 6 nitrogen and oxygen atoms in total. The van der Waals surface area contributed by atoms with Crippen LogP contribution in [0.5, 0.6) is 0 Å². The molecule has 2 rings (SSSR count). The van der Waals surface area contributed by atoms with Gasteiger partial charge in [-0.05, 0) is 48.5 Å². The maximum atomic E-state index is 11.9. The molecule has 0 saturated heterocycles. The highest BCUT2D eigenvalue weighted by Gasteiger charge is 2.07. The van der Waals surface area contributed by atoms with Crippen LogP contribution in [-0.4, -0.2) is 24.3 Å². The van der Waals surface area contributed by atoms with Crippen molar-refractivity contribution in [2.75, 3.05) is 17.2 Å². The van der Waals surface area contributed by atoms with Gasteiger partial charge in [0.1, 0.15) is 0 Å². The normalized spacial score (nSPS) is 10.0. The summed E-state index contributed by atoms with van der Waals surface area (Å²) in [6.07, 6.45) is 0.146. The summed E-state index contributed by atoms with van der Waals surface area (Å²) in [5.41, 5.74) is 1.75. The maximum Gasteiger partial charge on any atom is 0.251 e. The maximum absolute atomic E-state index is 11.9. The van der Waals surface area contributed by atoms with Crippen molar-refractivity contribution in [1.29, 1.82) is 0 Å². The fraction of sp³-hybridized carbons (Fsp3) is 0.167. The van der Waals surface area contributed by atoms with E-state index in [1.165, 1.54) is 6.92 Å². The average Bonchev–Trinajstić information content (AvgIpc) is 2.56. The Kier molecular flexibility index (Phi) is 6.54. The SMILES string of the molecule is CC(=O)Nc1ccc(NC(=O)CCNC(=O)c2ccc(Cl)cc2)cc1. The van der Waals surface area contributed by atoms with Crippen LogP contribution in [0.1, 0.15) is 23.7 Å². The molecule has 0 atom stereocenters. The van der Waals surface area contributed by atoms with Gasteiger partial charge in [-0.3, -0.25) is 14.4 Å². The summed E-state index contributed by atoms with van der Waals surface area (Å²) in [7, 11) is 0. The molecule has 0 heterocycles. The molecule has 3 amide bonds. The van der Waals surface area contributed by atoms with E-state index in [1.54, 1.807) is 48.5 Å². The number of benzene rings is 2. The van der Waals surface area contributed by atoms with Crippen molar-refractivity contribution in [2.24, 2.45) is 0 Å². The van der Waals surface area contributed by atoms with Gasteiger partial charge in [-0.25, -0.2) is 0 Å². The average molecular weight is 360 g/mol. The number of amides is 3. The Balaban J connectivity index is 1.75. The van der Waals surface area contributed by atoms with Gasteiger partial charge in [0, 0.05) is 41.9 Å². The van der Waals surface area contributed by atoms with Crippen molar-refractivity contribution in [1.82, 2.24) is 5.32 Å². The molecule has 0 fully saturated rings. The van der Waals surface area contributed by atoms with E-state index in [9.17, 15) is 14.4 Å².